The van der Waals surface area contributed by atoms with E-state index in [-0.39, 0.29) is 12.5 Å². The fraction of sp³-hybridized carbons (Fsp3) is 0.321. The summed E-state index contributed by atoms with van der Waals surface area (Å²) in [4.78, 5) is 19.3. The summed E-state index contributed by atoms with van der Waals surface area (Å²) in [6.45, 7) is 1.57. The number of rotatable bonds is 8. The van der Waals surface area contributed by atoms with Gasteiger partial charge in [-0.1, -0.05) is 18.2 Å². The van der Waals surface area contributed by atoms with Crippen LogP contribution in [-0.4, -0.2) is 52.8 Å². The number of fused-ring (bicyclic) bond motifs is 1. The van der Waals surface area contributed by atoms with E-state index in [4.69, 9.17) is 9.47 Å². The average Bonchev–Trinajstić information content (AvgIpc) is 3.39. The predicted molar refractivity (Wildman–Crippen MR) is 135 cm³/mol. The highest BCUT2D eigenvalue weighted by molar-refractivity contribution is 5.84. The molecule has 4 aromatic rings. The number of carbonyl (C=O) groups excluding carboxylic acids is 1. The Kier molecular flexibility index (Phi) is 6.93. The van der Waals surface area contributed by atoms with Crippen LogP contribution in [0.5, 0.6) is 11.5 Å². The number of H-pyrrole nitrogens is 1. The third-order valence-electron chi connectivity index (χ3n) is 6.78. The summed E-state index contributed by atoms with van der Waals surface area (Å²) in [7, 11) is 1.70. The largest absolute Gasteiger partial charge is 0.497 e. The zero-order valence-electron chi connectivity index (χ0n) is 19.9. The number of piperidine rings is 1. The van der Waals surface area contributed by atoms with Gasteiger partial charge >= 0.3 is 0 Å². The summed E-state index contributed by atoms with van der Waals surface area (Å²) < 4.78 is 11.3. The highest BCUT2D eigenvalue weighted by Crippen LogP contribution is 2.30. The molecular formula is C28H30N4O3. The van der Waals surface area contributed by atoms with Gasteiger partial charge in [0.1, 0.15) is 17.2 Å². The van der Waals surface area contributed by atoms with E-state index in [1.807, 2.05) is 47.4 Å². The van der Waals surface area contributed by atoms with Gasteiger partial charge < -0.3 is 14.4 Å². The lowest BCUT2D eigenvalue weighted by Crippen LogP contribution is -2.41. The van der Waals surface area contributed by atoms with Crippen molar-refractivity contribution in [1.29, 1.82) is 0 Å². The number of nitrogens with one attached hydrogen (secondary N) is 1. The van der Waals surface area contributed by atoms with Crippen molar-refractivity contribution < 1.29 is 14.3 Å². The quantitative estimate of drug-likeness (QED) is 0.397. The molecule has 2 aromatic carbocycles. The summed E-state index contributed by atoms with van der Waals surface area (Å²) >= 11 is 0. The normalized spacial score (nSPS) is 14.3. The Labute approximate surface area is 205 Å². The fourth-order valence-corrected chi connectivity index (χ4v) is 4.71. The van der Waals surface area contributed by atoms with Crippen molar-refractivity contribution in [3.63, 3.8) is 0 Å². The molecule has 0 atom stereocenters. The van der Waals surface area contributed by atoms with Gasteiger partial charge in [-0.15, -0.1) is 0 Å². The Morgan fingerprint density at radius 3 is 2.86 bits per heavy atom. The molecule has 35 heavy (non-hydrogen) atoms. The Balaban J connectivity index is 1.13. The molecule has 1 amide bonds. The van der Waals surface area contributed by atoms with E-state index in [0.717, 1.165) is 66.7 Å². The molecule has 0 saturated carbocycles. The molecule has 1 saturated heterocycles. The highest BCUT2D eigenvalue weighted by atomic mass is 16.5. The van der Waals surface area contributed by atoms with Gasteiger partial charge in [-0.25, -0.2) is 0 Å². The van der Waals surface area contributed by atoms with Gasteiger partial charge in [0.2, 0.25) is 0 Å². The molecule has 1 aliphatic rings. The first kappa shape index (κ1) is 22.9. The molecule has 1 N–H and O–H groups in total. The molecule has 7 heteroatoms. The van der Waals surface area contributed by atoms with E-state index in [1.165, 1.54) is 5.56 Å². The molecule has 0 radical (unpaired) electrons. The summed E-state index contributed by atoms with van der Waals surface area (Å²) in [5.41, 5.74) is 3.92. The van der Waals surface area contributed by atoms with E-state index in [2.05, 4.69) is 27.3 Å². The van der Waals surface area contributed by atoms with E-state index in [9.17, 15) is 4.79 Å². The van der Waals surface area contributed by atoms with Crippen molar-refractivity contribution >= 4 is 16.8 Å². The van der Waals surface area contributed by atoms with Crippen molar-refractivity contribution in [2.24, 2.45) is 5.92 Å². The maximum absolute atomic E-state index is 12.9. The van der Waals surface area contributed by atoms with E-state index >= 15 is 0 Å². The summed E-state index contributed by atoms with van der Waals surface area (Å²) in [6.07, 6.45) is 7.74. The van der Waals surface area contributed by atoms with Gasteiger partial charge in [0.25, 0.3) is 5.91 Å². The second-order valence-corrected chi connectivity index (χ2v) is 9.03. The number of hydrogen-bond donors (Lipinski definition) is 1. The Morgan fingerprint density at radius 1 is 1.11 bits per heavy atom. The smallest absolute Gasteiger partial charge is 0.260 e. The van der Waals surface area contributed by atoms with Crippen molar-refractivity contribution in [2.45, 2.75) is 25.7 Å². The van der Waals surface area contributed by atoms with E-state index in [0.29, 0.717) is 11.7 Å². The third-order valence-corrected chi connectivity index (χ3v) is 6.78. The van der Waals surface area contributed by atoms with E-state index in [1.54, 1.807) is 19.5 Å². The summed E-state index contributed by atoms with van der Waals surface area (Å²) in [6, 6.07) is 17.9. The number of benzene rings is 2. The van der Waals surface area contributed by atoms with Crippen molar-refractivity contribution in [1.82, 2.24) is 20.1 Å². The van der Waals surface area contributed by atoms with Crippen LogP contribution in [-0.2, 0) is 11.2 Å². The zero-order valence-corrected chi connectivity index (χ0v) is 19.9. The second-order valence-electron chi connectivity index (χ2n) is 9.03. The first-order valence-electron chi connectivity index (χ1n) is 12.1. The number of nitrogens with zero attached hydrogens (tertiary/aromatic N) is 3. The molecule has 0 bridgehead atoms. The number of hydrogen-bond acceptors (Lipinski definition) is 5. The van der Waals surface area contributed by atoms with Crippen molar-refractivity contribution in [3.8, 4) is 22.8 Å². The number of aromatic nitrogens is 3. The van der Waals surface area contributed by atoms with Gasteiger partial charge in [-0.2, -0.15) is 5.10 Å². The molecule has 1 fully saturated rings. The topological polar surface area (TPSA) is 80.3 Å². The van der Waals surface area contributed by atoms with Crippen LogP contribution in [0.15, 0.2) is 67.0 Å². The minimum atomic E-state index is 0.0150. The molecule has 0 aliphatic carbocycles. The van der Waals surface area contributed by atoms with Gasteiger partial charge in [0.15, 0.2) is 6.61 Å². The van der Waals surface area contributed by atoms with Crippen molar-refractivity contribution in [2.75, 3.05) is 26.8 Å². The molecule has 7 nitrogen and oxygen atoms in total. The fourth-order valence-electron chi connectivity index (χ4n) is 4.71. The Bertz CT molecular complexity index is 1290. The van der Waals surface area contributed by atoms with Crippen LogP contribution >= 0.6 is 0 Å². The van der Waals surface area contributed by atoms with Gasteiger partial charge in [0.05, 0.1) is 18.8 Å². The molecule has 0 spiro atoms. The number of aromatic amines is 1. The number of aryl methyl sites for hydroxylation is 1. The van der Waals surface area contributed by atoms with Gasteiger partial charge in [-0.05, 0) is 73.6 Å². The first-order valence-corrected chi connectivity index (χ1v) is 12.1. The second kappa shape index (κ2) is 10.6. The van der Waals surface area contributed by atoms with E-state index < -0.39 is 0 Å². The summed E-state index contributed by atoms with van der Waals surface area (Å²) in [5.74, 6) is 2.17. The Morgan fingerprint density at radius 2 is 2.00 bits per heavy atom. The maximum atomic E-state index is 12.9. The number of carbonyl (C=O) groups is 1. The summed E-state index contributed by atoms with van der Waals surface area (Å²) in [5, 5.41) is 8.04. The average molecular weight is 471 g/mol. The highest BCUT2D eigenvalue weighted by Gasteiger charge is 2.23. The number of likely N-dealkylation sites (tertiary alicyclic amines) is 1. The SMILES string of the molecule is COc1cccc(CCC2CCN(C(=O)COc3cccnc3-c3ccc4[nH]ncc4c3)CC2)c1. The van der Waals surface area contributed by atoms with Gasteiger partial charge in [0, 0.05) is 30.2 Å². The van der Waals surface area contributed by atoms with Crippen LogP contribution < -0.4 is 9.47 Å². The molecule has 5 rings (SSSR count). The monoisotopic (exact) mass is 470 g/mol. The van der Waals surface area contributed by atoms with Crippen LogP contribution in [0.4, 0.5) is 0 Å². The molecule has 3 heterocycles. The standard InChI is InChI=1S/C28H30N4O3/c1-34-24-5-2-4-21(16-24)8-7-20-11-14-32(15-12-20)27(33)19-35-26-6-3-13-29-28(26)22-9-10-25-23(17-22)18-30-31-25/h2-6,9-10,13,16-18,20H,7-8,11-12,14-15,19H2,1H3,(H,30,31). The zero-order chi connectivity index (χ0) is 24.0. The first-order chi connectivity index (χ1) is 17.2. The molecular weight excluding hydrogens is 440 g/mol. The Hall–Kier alpha value is -3.87. The minimum absolute atomic E-state index is 0.0150. The van der Waals surface area contributed by atoms with Crippen LogP contribution in [0.1, 0.15) is 24.8 Å². The lowest BCUT2D eigenvalue weighted by atomic mass is 9.90. The minimum Gasteiger partial charge on any atom is -0.497 e. The predicted octanol–water partition coefficient (Wildman–Crippen LogP) is 4.88. The van der Waals surface area contributed by atoms with Crippen LogP contribution in [0.3, 0.4) is 0 Å². The molecule has 0 unspecified atom stereocenters. The molecule has 180 valence electrons. The number of ether oxygens (including phenoxy) is 2. The molecule has 1 aliphatic heterocycles. The van der Waals surface area contributed by atoms with Crippen LogP contribution in [0, 0.1) is 5.92 Å². The number of pyridine rings is 1. The maximum Gasteiger partial charge on any atom is 0.260 e. The number of methoxy groups -OCH3 is 1. The van der Waals surface area contributed by atoms with Crippen LogP contribution in [0.25, 0.3) is 22.2 Å². The lowest BCUT2D eigenvalue weighted by molar-refractivity contribution is -0.134. The van der Waals surface area contributed by atoms with Crippen molar-refractivity contribution in [3.05, 3.63) is 72.6 Å². The molecule has 2 aromatic heterocycles. The van der Waals surface area contributed by atoms with Gasteiger partial charge in [-0.3, -0.25) is 14.9 Å². The van der Waals surface area contributed by atoms with Crippen LogP contribution in [0.2, 0.25) is 0 Å². The number of amides is 1. The lowest BCUT2D eigenvalue weighted by Gasteiger charge is -2.32. The third kappa shape index (κ3) is 5.45.